The summed E-state index contributed by atoms with van der Waals surface area (Å²) in [6, 6.07) is 0. The quantitative estimate of drug-likeness (QED) is 0.294. The van der Waals surface area contributed by atoms with Crippen molar-refractivity contribution in [2.75, 3.05) is 26.3 Å². The zero-order valence-corrected chi connectivity index (χ0v) is 5.26. The van der Waals surface area contributed by atoms with Gasteiger partial charge in [0.1, 0.15) is 0 Å². The Labute approximate surface area is 63.2 Å². The van der Waals surface area contributed by atoms with Crippen molar-refractivity contribution in [1.82, 2.24) is 4.81 Å². The molecule has 1 aliphatic heterocycles. The zero-order chi connectivity index (χ0) is 5.11. The van der Waals surface area contributed by atoms with Crippen LogP contribution in [0, 0.1) is 0 Å². The van der Waals surface area contributed by atoms with Gasteiger partial charge in [0.2, 0.25) is 0 Å². The standard InChI is InChI=1S/C4H8BNO.Li/c5-6-1-3-7-4-2-6;/h1-4H2;/q-1;+1. The van der Waals surface area contributed by atoms with E-state index in [9.17, 15) is 0 Å². The van der Waals surface area contributed by atoms with Gasteiger partial charge in [-0.25, -0.2) is 0 Å². The topological polar surface area (TPSA) is 12.5 Å². The fourth-order valence-corrected chi connectivity index (χ4v) is 0.577. The van der Waals surface area contributed by atoms with Crippen LogP contribution in [0.25, 0.3) is 0 Å². The summed E-state index contributed by atoms with van der Waals surface area (Å²) in [5.74, 6) is 0. The Kier molecular flexibility index (Phi) is 4.78. The molecule has 0 bridgehead atoms. The normalized spacial score (nSPS) is 22.1. The molecule has 0 aromatic heterocycles. The van der Waals surface area contributed by atoms with Crippen LogP contribution in [0.4, 0.5) is 0 Å². The molecule has 8 heavy (non-hydrogen) atoms. The van der Waals surface area contributed by atoms with Crippen molar-refractivity contribution < 1.29 is 23.6 Å². The van der Waals surface area contributed by atoms with Crippen molar-refractivity contribution in [3.8, 4) is 0 Å². The van der Waals surface area contributed by atoms with E-state index in [1.807, 2.05) is 0 Å². The number of hydrogen-bond acceptors (Lipinski definition) is 2. The van der Waals surface area contributed by atoms with E-state index in [0.29, 0.717) is 0 Å². The predicted octanol–water partition coefficient (Wildman–Crippen LogP) is -3.59. The largest absolute Gasteiger partial charge is 1.00 e. The van der Waals surface area contributed by atoms with E-state index in [4.69, 9.17) is 12.7 Å². The smallest absolute Gasteiger partial charge is 0.577 e. The minimum Gasteiger partial charge on any atom is -0.577 e. The zero-order valence-electron chi connectivity index (χ0n) is 5.26. The van der Waals surface area contributed by atoms with E-state index in [1.165, 1.54) is 0 Å². The molecule has 0 atom stereocenters. The van der Waals surface area contributed by atoms with Gasteiger partial charge < -0.3 is 17.5 Å². The first kappa shape index (κ1) is 8.58. The first-order chi connectivity index (χ1) is 3.39. The van der Waals surface area contributed by atoms with Gasteiger partial charge in [0.05, 0.1) is 13.2 Å². The number of ether oxygens (including phenoxy) is 1. The van der Waals surface area contributed by atoms with Crippen molar-refractivity contribution in [2.45, 2.75) is 0 Å². The molecular weight excluding hydrogens is 95.8 g/mol. The summed E-state index contributed by atoms with van der Waals surface area (Å²) >= 11 is 0. The van der Waals surface area contributed by atoms with Gasteiger partial charge in [-0.2, -0.15) is 0 Å². The van der Waals surface area contributed by atoms with E-state index in [1.54, 1.807) is 4.81 Å². The van der Waals surface area contributed by atoms with Crippen molar-refractivity contribution in [3.63, 3.8) is 0 Å². The van der Waals surface area contributed by atoms with Crippen LogP contribution in [0.15, 0.2) is 0 Å². The summed E-state index contributed by atoms with van der Waals surface area (Å²) in [4.78, 5) is 1.77. The third-order valence-corrected chi connectivity index (χ3v) is 1.05. The molecule has 1 heterocycles. The molecule has 4 heteroatoms. The fraction of sp³-hybridized carbons (Fsp3) is 1.00. The van der Waals surface area contributed by atoms with Crippen LogP contribution in [-0.4, -0.2) is 39.1 Å². The van der Waals surface area contributed by atoms with Gasteiger partial charge in [0.15, 0.2) is 0 Å². The van der Waals surface area contributed by atoms with Gasteiger partial charge in [0.25, 0.3) is 0 Å². The molecule has 2 nitrogen and oxygen atoms in total. The van der Waals surface area contributed by atoms with Crippen LogP contribution in [0.3, 0.4) is 0 Å². The summed E-state index contributed by atoms with van der Waals surface area (Å²) in [5, 5.41) is 0. The number of rotatable bonds is 0. The Balaban J connectivity index is 0.000000490. The maximum Gasteiger partial charge on any atom is 1.00 e. The second-order valence-electron chi connectivity index (χ2n) is 1.65. The molecule has 1 aliphatic rings. The van der Waals surface area contributed by atoms with E-state index < -0.39 is 0 Å². The Hall–Kier alpha value is 0.582. The van der Waals surface area contributed by atoms with Crippen LogP contribution < -0.4 is 18.9 Å². The monoisotopic (exact) mass is 104 g/mol. The molecule has 1 fully saturated rings. The van der Waals surface area contributed by atoms with Crippen molar-refractivity contribution in [2.24, 2.45) is 0 Å². The van der Waals surface area contributed by atoms with Crippen LogP contribution in [-0.2, 0) is 4.74 Å². The Morgan fingerprint density at radius 1 is 1.25 bits per heavy atom. The second kappa shape index (κ2) is 4.46. The first-order valence-electron chi connectivity index (χ1n) is 2.47. The fourth-order valence-electron chi connectivity index (χ4n) is 0.577. The third-order valence-electron chi connectivity index (χ3n) is 1.05. The second-order valence-corrected chi connectivity index (χ2v) is 1.65. The molecule has 0 spiro atoms. The SMILES string of the molecule is [B-]N1CCOCC1.[Li+]. The first-order valence-corrected chi connectivity index (χ1v) is 2.47. The molecule has 1 rings (SSSR count). The Morgan fingerprint density at radius 3 is 2.00 bits per heavy atom. The van der Waals surface area contributed by atoms with E-state index >= 15 is 0 Å². The maximum absolute atomic E-state index is 5.39. The van der Waals surface area contributed by atoms with Crippen molar-refractivity contribution in [1.29, 1.82) is 0 Å². The average molecular weight is 104 g/mol. The van der Waals surface area contributed by atoms with Crippen molar-refractivity contribution >= 4 is 7.98 Å². The molecule has 3 radical (unpaired) electrons. The molecule has 1 saturated heterocycles. The number of nitrogens with zero attached hydrogens (tertiary/aromatic N) is 1. The van der Waals surface area contributed by atoms with Crippen LogP contribution in [0.5, 0.6) is 0 Å². The van der Waals surface area contributed by atoms with E-state index in [-0.39, 0.29) is 18.9 Å². The Bertz CT molecular complexity index is 58.0. The predicted molar refractivity (Wildman–Crippen MR) is 28.1 cm³/mol. The number of morpholine rings is 1. The average Bonchev–Trinajstić information content (AvgIpc) is 1.69. The van der Waals surface area contributed by atoms with Gasteiger partial charge in [-0.15, -0.1) is 0 Å². The summed E-state index contributed by atoms with van der Waals surface area (Å²) in [6.07, 6.45) is 0. The molecule has 0 amide bonds. The van der Waals surface area contributed by atoms with Crippen LogP contribution >= 0.6 is 0 Å². The molecule has 39 valence electrons. The third kappa shape index (κ3) is 2.78. The summed E-state index contributed by atoms with van der Waals surface area (Å²) < 4.78 is 5.02. The van der Waals surface area contributed by atoms with E-state index in [2.05, 4.69) is 0 Å². The summed E-state index contributed by atoms with van der Waals surface area (Å²) in [7, 11) is 5.39. The molecule has 0 aromatic rings. The molecule has 0 aliphatic carbocycles. The van der Waals surface area contributed by atoms with Gasteiger partial charge in [-0.3, -0.25) is 0 Å². The maximum atomic E-state index is 5.39. The summed E-state index contributed by atoms with van der Waals surface area (Å²) in [5.41, 5.74) is 0. The minimum atomic E-state index is 0. The van der Waals surface area contributed by atoms with Gasteiger partial charge >= 0.3 is 18.9 Å². The van der Waals surface area contributed by atoms with E-state index in [0.717, 1.165) is 26.3 Å². The van der Waals surface area contributed by atoms with Gasteiger partial charge in [-0.05, 0) is 13.1 Å². The van der Waals surface area contributed by atoms with Crippen molar-refractivity contribution in [3.05, 3.63) is 0 Å². The molecule has 0 unspecified atom stereocenters. The van der Waals surface area contributed by atoms with Crippen LogP contribution in [0.2, 0.25) is 0 Å². The molecule has 0 N–H and O–H groups in total. The molecular formula is C4H8BLiNO. The summed E-state index contributed by atoms with van der Waals surface area (Å²) in [6.45, 7) is 3.33. The number of hydrogen-bond donors (Lipinski definition) is 0. The minimum absolute atomic E-state index is 0. The van der Waals surface area contributed by atoms with Crippen LogP contribution in [0.1, 0.15) is 0 Å². The molecule has 0 saturated carbocycles. The molecule has 0 aromatic carbocycles. The van der Waals surface area contributed by atoms with Gasteiger partial charge in [-0.1, -0.05) is 0 Å². The van der Waals surface area contributed by atoms with Gasteiger partial charge in [0, 0.05) is 0 Å². The Morgan fingerprint density at radius 2 is 1.75 bits per heavy atom.